The van der Waals surface area contributed by atoms with Crippen molar-refractivity contribution >= 4 is 0 Å². The van der Waals surface area contributed by atoms with Gasteiger partial charge in [-0.25, -0.2) is 0 Å². The summed E-state index contributed by atoms with van der Waals surface area (Å²) in [6, 6.07) is 0.793. The molecule has 0 saturated heterocycles. The summed E-state index contributed by atoms with van der Waals surface area (Å²) < 4.78 is 0. The highest BCUT2D eigenvalue weighted by molar-refractivity contribution is 4.66. The van der Waals surface area contributed by atoms with E-state index in [1.54, 1.807) is 0 Å². The SMILES string of the molecule is CCCCNC(CCCC)CCCC. The predicted molar refractivity (Wildman–Crippen MR) is 65.7 cm³/mol. The Bertz CT molecular complexity index is 93.4. The molecule has 1 heteroatoms. The van der Waals surface area contributed by atoms with Crippen LogP contribution < -0.4 is 5.32 Å². The molecule has 86 valence electrons. The largest absolute Gasteiger partial charge is 0.314 e. The van der Waals surface area contributed by atoms with Crippen molar-refractivity contribution < 1.29 is 0 Å². The van der Waals surface area contributed by atoms with Crippen LogP contribution in [0.3, 0.4) is 0 Å². The van der Waals surface area contributed by atoms with E-state index >= 15 is 0 Å². The third kappa shape index (κ3) is 8.55. The van der Waals surface area contributed by atoms with Crippen LogP contribution in [0.5, 0.6) is 0 Å². The van der Waals surface area contributed by atoms with Crippen LogP contribution in [0.1, 0.15) is 72.1 Å². The first kappa shape index (κ1) is 14.0. The maximum atomic E-state index is 3.69. The molecule has 0 aromatic heterocycles. The molecule has 0 aliphatic heterocycles. The maximum absolute atomic E-state index is 3.69. The lowest BCUT2D eigenvalue weighted by atomic mass is 10.0. The van der Waals surface area contributed by atoms with Gasteiger partial charge in [0.15, 0.2) is 0 Å². The Morgan fingerprint density at radius 1 is 0.786 bits per heavy atom. The molecule has 0 aliphatic carbocycles. The molecule has 0 unspecified atom stereocenters. The van der Waals surface area contributed by atoms with Gasteiger partial charge in [-0.1, -0.05) is 52.9 Å². The minimum atomic E-state index is 0.793. The van der Waals surface area contributed by atoms with E-state index < -0.39 is 0 Å². The summed E-state index contributed by atoms with van der Waals surface area (Å²) in [5.41, 5.74) is 0. The molecule has 0 spiro atoms. The zero-order valence-corrected chi connectivity index (χ0v) is 10.4. The van der Waals surface area contributed by atoms with Gasteiger partial charge in [-0.3, -0.25) is 0 Å². The number of rotatable bonds is 10. The molecule has 0 rings (SSSR count). The van der Waals surface area contributed by atoms with Crippen LogP contribution in [0.4, 0.5) is 0 Å². The van der Waals surface area contributed by atoms with E-state index in [1.165, 1.54) is 57.9 Å². The van der Waals surface area contributed by atoms with Crippen LogP contribution >= 0.6 is 0 Å². The Morgan fingerprint density at radius 3 is 1.71 bits per heavy atom. The second-order valence-electron chi connectivity index (χ2n) is 4.29. The van der Waals surface area contributed by atoms with E-state index in [9.17, 15) is 0 Å². The first-order valence-corrected chi connectivity index (χ1v) is 6.58. The van der Waals surface area contributed by atoms with Crippen LogP contribution in [-0.4, -0.2) is 12.6 Å². The van der Waals surface area contributed by atoms with Crippen LogP contribution in [0.25, 0.3) is 0 Å². The molecular formula is C13H29N. The van der Waals surface area contributed by atoms with Crippen molar-refractivity contribution in [2.75, 3.05) is 6.54 Å². The number of hydrogen-bond donors (Lipinski definition) is 1. The summed E-state index contributed by atoms with van der Waals surface area (Å²) in [4.78, 5) is 0. The van der Waals surface area contributed by atoms with E-state index in [1.807, 2.05) is 0 Å². The zero-order valence-electron chi connectivity index (χ0n) is 10.4. The molecule has 0 aromatic rings. The second-order valence-corrected chi connectivity index (χ2v) is 4.29. The molecule has 1 nitrogen and oxygen atoms in total. The van der Waals surface area contributed by atoms with Crippen LogP contribution in [0.2, 0.25) is 0 Å². The highest BCUT2D eigenvalue weighted by Crippen LogP contribution is 2.08. The average molecular weight is 199 g/mol. The third-order valence-corrected chi connectivity index (χ3v) is 2.78. The number of nitrogens with one attached hydrogen (secondary N) is 1. The minimum absolute atomic E-state index is 0.793. The van der Waals surface area contributed by atoms with Crippen LogP contribution in [0.15, 0.2) is 0 Å². The fourth-order valence-corrected chi connectivity index (χ4v) is 1.73. The van der Waals surface area contributed by atoms with E-state index in [4.69, 9.17) is 0 Å². The minimum Gasteiger partial charge on any atom is -0.314 e. The van der Waals surface area contributed by atoms with Gasteiger partial charge in [0.1, 0.15) is 0 Å². The zero-order chi connectivity index (χ0) is 10.6. The van der Waals surface area contributed by atoms with E-state index in [-0.39, 0.29) is 0 Å². The van der Waals surface area contributed by atoms with E-state index in [2.05, 4.69) is 26.1 Å². The number of hydrogen-bond acceptors (Lipinski definition) is 1. The highest BCUT2D eigenvalue weighted by Gasteiger charge is 2.05. The molecule has 1 N–H and O–H groups in total. The molecule has 0 aliphatic rings. The van der Waals surface area contributed by atoms with Crippen molar-refractivity contribution in [1.82, 2.24) is 5.32 Å². The molecule has 0 atom stereocenters. The van der Waals surface area contributed by atoms with Crippen molar-refractivity contribution in [1.29, 1.82) is 0 Å². The van der Waals surface area contributed by atoms with Gasteiger partial charge in [-0.2, -0.15) is 0 Å². The molecule has 14 heavy (non-hydrogen) atoms. The average Bonchev–Trinajstić information content (AvgIpc) is 2.21. The molecule has 0 heterocycles. The molecule has 0 amide bonds. The smallest absolute Gasteiger partial charge is 0.00670 e. The van der Waals surface area contributed by atoms with Gasteiger partial charge >= 0.3 is 0 Å². The van der Waals surface area contributed by atoms with Crippen molar-refractivity contribution in [2.45, 2.75) is 78.2 Å². The summed E-state index contributed by atoms with van der Waals surface area (Å²) in [7, 11) is 0. The second kappa shape index (κ2) is 11.0. The normalized spacial score (nSPS) is 11.1. The summed E-state index contributed by atoms with van der Waals surface area (Å²) in [6.07, 6.45) is 10.8. The van der Waals surface area contributed by atoms with E-state index in [0.717, 1.165) is 6.04 Å². The fourth-order valence-electron chi connectivity index (χ4n) is 1.73. The molecule has 0 radical (unpaired) electrons. The van der Waals surface area contributed by atoms with E-state index in [0.29, 0.717) is 0 Å². The Kier molecular flexibility index (Phi) is 11.0. The van der Waals surface area contributed by atoms with Gasteiger partial charge in [-0.15, -0.1) is 0 Å². The Labute approximate surface area is 90.7 Å². The Morgan fingerprint density at radius 2 is 1.29 bits per heavy atom. The standard InChI is InChI=1S/C13H29N/c1-4-7-10-13(11-8-5-2)14-12-9-6-3/h13-14H,4-12H2,1-3H3. The predicted octanol–water partition coefficient (Wildman–Crippen LogP) is 4.13. The summed E-state index contributed by atoms with van der Waals surface area (Å²) in [5.74, 6) is 0. The lowest BCUT2D eigenvalue weighted by Gasteiger charge is -2.18. The number of unbranched alkanes of at least 4 members (excludes halogenated alkanes) is 3. The molecule has 0 saturated carbocycles. The molecular weight excluding hydrogens is 170 g/mol. The fraction of sp³-hybridized carbons (Fsp3) is 1.00. The van der Waals surface area contributed by atoms with Crippen molar-refractivity contribution in [3.05, 3.63) is 0 Å². The van der Waals surface area contributed by atoms with Crippen molar-refractivity contribution in [2.24, 2.45) is 0 Å². The summed E-state index contributed by atoms with van der Waals surface area (Å²) in [6.45, 7) is 8.04. The quantitative estimate of drug-likeness (QED) is 0.522. The lowest BCUT2D eigenvalue weighted by Crippen LogP contribution is -2.29. The molecule has 0 fully saturated rings. The van der Waals surface area contributed by atoms with Crippen molar-refractivity contribution in [3.8, 4) is 0 Å². The first-order valence-electron chi connectivity index (χ1n) is 6.58. The topological polar surface area (TPSA) is 12.0 Å². The first-order chi connectivity index (χ1) is 6.85. The van der Waals surface area contributed by atoms with Gasteiger partial charge in [0.25, 0.3) is 0 Å². The van der Waals surface area contributed by atoms with Gasteiger partial charge in [0, 0.05) is 6.04 Å². The summed E-state index contributed by atoms with van der Waals surface area (Å²) >= 11 is 0. The van der Waals surface area contributed by atoms with Gasteiger partial charge in [0.2, 0.25) is 0 Å². The van der Waals surface area contributed by atoms with Gasteiger partial charge in [-0.05, 0) is 25.8 Å². The maximum Gasteiger partial charge on any atom is 0.00670 e. The highest BCUT2D eigenvalue weighted by atomic mass is 14.9. The molecule has 0 aromatic carbocycles. The van der Waals surface area contributed by atoms with Crippen LogP contribution in [0, 0.1) is 0 Å². The van der Waals surface area contributed by atoms with Gasteiger partial charge < -0.3 is 5.32 Å². The van der Waals surface area contributed by atoms with Gasteiger partial charge in [0.05, 0.1) is 0 Å². The third-order valence-electron chi connectivity index (χ3n) is 2.78. The van der Waals surface area contributed by atoms with Crippen molar-refractivity contribution in [3.63, 3.8) is 0 Å². The Balaban J connectivity index is 3.49. The van der Waals surface area contributed by atoms with Crippen LogP contribution in [-0.2, 0) is 0 Å². The lowest BCUT2D eigenvalue weighted by molar-refractivity contribution is 0.423. The molecule has 0 bridgehead atoms. The summed E-state index contributed by atoms with van der Waals surface area (Å²) in [5, 5.41) is 3.69. The monoisotopic (exact) mass is 199 g/mol. The Hall–Kier alpha value is -0.0400.